The number of pyridine rings is 1. The third-order valence-corrected chi connectivity index (χ3v) is 4.06. The Labute approximate surface area is 125 Å². The molecular weight excluding hydrogens is 262 g/mol. The minimum atomic E-state index is 0.543. The van der Waals surface area contributed by atoms with Crippen LogP contribution < -0.4 is 4.90 Å². The van der Waals surface area contributed by atoms with Gasteiger partial charge in [0.25, 0.3) is 0 Å². The first-order chi connectivity index (χ1) is 10.3. The minimum Gasteiger partial charge on any atom is -0.354 e. The molecule has 0 saturated carbocycles. The molecule has 1 fully saturated rings. The summed E-state index contributed by atoms with van der Waals surface area (Å²) in [5.41, 5.74) is 1.26. The molecule has 3 heterocycles. The van der Waals surface area contributed by atoms with E-state index < -0.39 is 0 Å². The second-order valence-corrected chi connectivity index (χ2v) is 5.60. The maximum absolute atomic E-state index is 4.23. The monoisotopic (exact) mass is 283 g/mol. The maximum atomic E-state index is 4.23. The van der Waals surface area contributed by atoms with E-state index in [-0.39, 0.29) is 0 Å². The van der Waals surface area contributed by atoms with Crippen molar-refractivity contribution in [2.24, 2.45) is 0 Å². The molecule has 1 aliphatic rings. The topological polar surface area (TPSA) is 45.2 Å². The van der Waals surface area contributed by atoms with Crippen molar-refractivity contribution in [2.45, 2.75) is 25.4 Å². The van der Waals surface area contributed by atoms with Crippen LogP contribution in [0.4, 0.5) is 5.82 Å². The smallest absolute Gasteiger partial charge is 0.151 e. The van der Waals surface area contributed by atoms with E-state index in [1.807, 2.05) is 30.6 Å². The van der Waals surface area contributed by atoms with Crippen LogP contribution in [0.15, 0.2) is 42.9 Å². The number of piperidine rings is 1. The normalized spacial score (nSPS) is 19.0. The average molecular weight is 283 g/mol. The SMILES string of the molecule is CN(Cc1cccnc1)C1CCCN(c2cccnn2)C1. The van der Waals surface area contributed by atoms with Crippen LogP contribution >= 0.6 is 0 Å². The molecule has 0 aliphatic carbocycles. The van der Waals surface area contributed by atoms with Gasteiger partial charge in [-0.25, -0.2) is 0 Å². The van der Waals surface area contributed by atoms with Crippen molar-refractivity contribution < 1.29 is 0 Å². The summed E-state index contributed by atoms with van der Waals surface area (Å²) in [6, 6.07) is 8.66. The lowest BCUT2D eigenvalue weighted by molar-refractivity contribution is 0.207. The zero-order chi connectivity index (χ0) is 14.5. The van der Waals surface area contributed by atoms with E-state index in [0.717, 1.165) is 25.5 Å². The molecule has 0 radical (unpaired) electrons. The second kappa shape index (κ2) is 6.63. The lowest BCUT2D eigenvalue weighted by Gasteiger charge is -2.38. The van der Waals surface area contributed by atoms with E-state index in [9.17, 15) is 0 Å². The highest BCUT2D eigenvalue weighted by atomic mass is 15.3. The first kappa shape index (κ1) is 13.9. The van der Waals surface area contributed by atoms with Crippen LogP contribution in [0.25, 0.3) is 0 Å². The third kappa shape index (κ3) is 3.55. The van der Waals surface area contributed by atoms with Crippen molar-refractivity contribution in [2.75, 3.05) is 25.0 Å². The summed E-state index contributed by atoms with van der Waals surface area (Å²) in [6.07, 6.45) is 7.91. The van der Waals surface area contributed by atoms with Gasteiger partial charge in [0.2, 0.25) is 0 Å². The van der Waals surface area contributed by atoms with Gasteiger partial charge >= 0.3 is 0 Å². The fourth-order valence-electron chi connectivity index (χ4n) is 2.89. The van der Waals surface area contributed by atoms with Crippen molar-refractivity contribution in [1.82, 2.24) is 20.1 Å². The summed E-state index contributed by atoms with van der Waals surface area (Å²) < 4.78 is 0. The average Bonchev–Trinajstić information content (AvgIpc) is 2.57. The quantitative estimate of drug-likeness (QED) is 0.858. The van der Waals surface area contributed by atoms with E-state index >= 15 is 0 Å². The Hall–Kier alpha value is -2.01. The number of likely N-dealkylation sites (N-methyl/N-ethyl adjacent to an activating group) is 1. The molecule has 1 unspecified atom stereocenters. The maximum Gasteiger partial charge on any atom is 0.151 e. The Balaban J connectivity index is 1.63. The molecule has 21 heavy (non-hydrogen) atoms. The van der Waals surface area contributed by atoms with E-state index in [2.05, 4.69) is 38.1 Å². The molecule has 1 saturated heterocycles. The van der Waals surface area contributed by atoms with Crippen molar-refractivity contribution in [3.8, 4) is 0 Å². The lowest BCUT2D eigenvalue weighted by atomic mass is 10.0. The van der Waals surface area contributed by atoms with Gasteiger partial charge in [-0.15, -0.1) is 5.10 Å². The Morgan fingerprint density at radius 2 is 2.19 bits per heavy atom. The van der Waals surface area contributed by atoms with Crippen molar-refractivity contribution in [1.29, 1.82) is 0 Å². The summed E-state index contributed by atoms with van der Waals surface area (Å²) in [4.78, 5) is 8.94. The molecular formula is C16H21N5. The lowest BCUT2D eigenvalue weighted by Crippen LogP contribution is -2.46. The highest BCUT2D eigenvalue weighted by molar-refractivity contribution is 5.37. The van der Waals surface area contributed by atoms with Crippen LogP contribution in [0.2, 0.25) is 0 Å². The predicted octanol–water partition coefficient (Wildman–Crippen LogP) is 1.97. The van der Waals surface area contributed by atoms with Gasteiger partial charge in [0.1, 0.15) is 0 Å². The van der Waals surface area contributed by atoms with Gasteiger partial charge in [-0.05, 0) is 43.7 Å². The van der Waals surface area contributed by atoms with Gasteiger partial charge in [0.15, 0.2) is 5.82 Å². The van der Waals surface area contributed by atoms with Gasteiger partial charge < -0.3 is 4.90 Å². The fraction of sp³-hybridized carbons (Fsp3) is 0.438. The van der Waals surface area contributed by atoms with Gasteiger partial charge in [-0.3, -0.25) is 9.88 Å². The molecule has 0 spiro atoms. The molecule has 5 nitrogen and oxygen atoms in total. The largest absolute Gasteiger partial charge is 0.354 e. The second-order valence-electron chi connectivity index (χ2n) is 5.60. The zero-order valence-corrected chi connectivity index (χ0v) is 12.4. The first-order valence-corrected chi connectivity index (χ1v) is 7.45. The van der Waals surface area contributed by atoms with Gasteiger partial charge in [0.05, 0.1) is 0 Å². The Bertz CT molecular complexity index is 545. The zero-order valence-electron chi connectivity index (χ0n) is 12.4. The summed E-state index contributed by atoms with van der Waals surface area (Å²) in [7, 11) is 2.19. The first-order valence-electron chi connectivity index (χ1n) is 7.45. The molecule has 0 N–H and O–H groups in total. The van der Waals surface area contributed by atoms with Gasteiger partial charge in [-0.1, -0.05) is 6.07 Å². The Kier molecular flexibility index (Phi) is 4.40. The van der Waals surface area contributed by atoms with E-state index in [1.54, 1.807) is 6.20 Å². The number of anilines is 1. The van der Waals surface area contributed by atoms with Crippen LogP contribution in [-0.2, 0) is 6.54 Å². The third-order valence-electron chi connectivity index (χ3n) is 4.06. The molecule has 3 rings (SSSR count). The van der Waals surface area contributed by atoms with E-state index in [1.165, 1.54) is 18.4 Å². The van der Waals surface area contributed by atoms with Crippen molar-refractivity contribution >= 4 is 5.82 Å². The summed E-state index contributed by atoms with van der Waals surface area (Å²) >= 11 is 0. The van der Waals surface area contributed by atoms with Crippen LogP contribution in [0.1, 0.15) is 18.4 Å². The molecule has 1 atom stereocenters. The summed E-state index contributed by atoms with van der Waals surface area (Å²) in [5, 5.41) is 8.21. The van der Waals surface area contributed by atoms with E-state index in [0.29, 0.717) is 6.04 Å². The highest BCUT2D eigenvalue weighted by Gasteiger charge is 2.24. The number of nitrogens with zero attached hydrogens (tertiary/aromatic N) is 5. The Morgan fingerprint density at radius 1 is 1.29 bits per heavy atom. The standard InChI is InChI=1S/C16H21N5/c1-20(12-14-5-2-8-17-11-14)15-6-4-10-21(13-15)16-7-3-9-18-19-16/h2-3,5,7-9,11,15H,4,6,10,12-13H2,1H3. The Morgan fingerprint density at radius 3 is 2.95 bits per heavy atom. The number of aromatic nitrogens is 3. The molecule has 0 amide bonds. The number of hydrogen-bond acceptors (Lipinski definition) is 5. The molecule has 5 heteroatoms. The van der Waals surface area contributed by atoms with Crippen LogP contribution in [0.3, 0.4) is 0 Å². The molecule has 2 aromatic rings. The summed E-state index contributed by atoms with van der Waals surface area (Å²) in [6.45, 7) is 3.01. The van der Waals surface area contributed by atoms with Crippen LogP contribution in [-0.4, -0.2) is 46.3 Å². The number of rotatable bonds is 4. The molecule has 0 aromatic carbocycles. The van der Waals surface area contributed by atoms with Gasteiger partial charge in [-0.2, -0.15) is 5.10 Å². The van der Waals surface area contributed by atoms with Crippen LogP contribution in [0, 0.1) is 0 Å². The van der Waals surface area contributed by atoms with Crippen molar-refractivity contribution in [3.05, 3.63) is 48.4 Å². The molecule has 110 valence electrons. The van der Waals surface area contributed by atoms with Crippen LogP contribution in [0.5, 0.6) is 0 Å². The minimum absolute atomic E-state index is 0.543. The van der Waals surface area contributed by atoms with E-state index in [4.69, 9.17) is 0 Å². The summed E-state index contributed by atoms with van der Waals surface area (Å²) in [5.74, 6) is 0.983. The highest BCUT2D eigenvalue weighted by Crippen LogP contribution is 2.20. The molecule has 0 bridgehead atoms. The van der Waals surface area contributed by atoms with Crippen molar-refractivity contribution in [3.63, 3.8) is 0 Å². The molecule has 1 aliphatic heterocycles. The predicted molar refractivity (Wildman–Crippen MR) is 83.0 cm³/mol. The van der Waals surface area contributed by atoms with Gasteiger partial charge in [0, 0.05) is 44.3 Å². The fourth-order valence-corrected chi connectivity index (χ4v) is 2.89. The molecule has 2 aromatic heterocycles. The number of hydrogen-bond donors (Lipinski definition) is 0.